The third-order valence-corrected chi connectivity index (χ3v) is 1.26. The molecule has 0 spiro atoms. The first-order chi connectivity index (χ1) is 5.59. The molecule has 1 rings (SSSR count). The second-order valence-electron chi connectivity index (χ2n) is 2.27. The lowest BCUT2D eigenvalue weighted by Gasteiger charge is -1.99. The molecular weight excluding hydrogens is 162 g/mol. The van der Waals surface area contributed by atoms with E-state index in [1.165, 1.54) is 6.92 Å². The summed E-state index contributed by atoms with van der Waals surface area (Å²) < 4.78 is 4.52. The molecule has 0 aromatic carbocycles. The molecule has 0 bridgehead atoms. The molecule has 0 saturated carbocycles. The van der Waals surface area contributed by atoms with Crippen molar-refractivity contribution in [1.82, 2.24) is 5.32 Å². The summed E-state index contributed by atoms with van der Waals surface area (Å²) in [6.07, 6.45) is 1.12. The van der Waals surface area contributed by atoms with Crippen LogP contribution in [-0.4, -0.2) is 24.4 Å². The van der Waals surface area contributed by atoms with Gasteiger partial charge in [0.1, 0.15) is 6.61 Å². The summed E-state index contributed by atoms with van der Waals surface area (Å²) >= 11 is 0. The summed E-state index contributed by atoms with van der Waals surface area (Å²) in [6.45, 7) is 1.09. The standard InChI is InChI=1S/C7H7NO4/c1-4(9)12-3-5-2-6(10)8-7(5)11/h2H,3H2,1H3,(H,8,10,11). The Morgan fingerprint density at radius 1 is 1.58 bits per heavy atom. The number of esters is 1. The van der Waals surface area contributed by atoms with Crippen LogP contribution in [0.1, 0.15) is 6.92 Å². The Hall–Kier alpha value is -1.65. The minimum absolute atomic E-state index is 0.146. The molecule has 2 amide bonds. The highest BCUT2D eigenvalue weighted by Crippen LogP contribution is 2.02. The van der Waals surface area contributed by atoms with Crippen LogP contribution in [0.25, 0.3) is 0 Å². The first-order valence-corrected chi connectivity index (χ1v) is 3.29. The van der Waals surface area contributed by atoms with Gasteiger partial charge >= 0.3 is 5.97 Å². The number of carbonyl (C=O) groups excluding carboxylic acids is 3. The zero-order chi connectivity index (χ0) is 9.14. The molecule has 1 heterocycles. The molecular formula is C7H7NO4. The van der Waals surface area contributed by atoms with E-state index in [9.17, 15) is 14.4 Å². The third kappa shape index (κ3) is 1.91. The van der Waals surface area contributed by atoms with E-state index in [4.69, 9.17) is 0 Å². The normalized spacial score (nSPS) is 15.6. The van der Waals surface area contributed by atoms with Crippen LogP contribution in [0.5, 0.6) is 0 Å². The molecule has 0 saturated heterocycles. The maximum absolute atomic E-state index is 10.8. The molecule has 0 radical (unpaired) electrons. The van der Waals surface area contributed by atoms with Crippen molar-refractivity contribution in [1.29, 1.82) is 0 Å². The quantitative estimate of drug-likeness (QED) is 0.431. The molecule has 1 aliphatic heterocycles. The van der Waals surface area contributed by atoms with Crippen LogP contribution >= 0.6 is 0 Å². The molecule has 5 nitrogen and oxygen atoms in total. The van der Waals surface area contributed by atoms with Crippen LogP contribution < -0.4 is 5.32 Å². The fourth-order valence-corrected chi connectivity index (χ4v) is 0.739. The van der Waals surface area contributed by atoms with Crippen LogP contribution in [0.2, 0.25) is 0 Å². The number of amides is 2. The van der Waals surface area contributed by atoms with Gasteiger partial charge in [0.2, 0.25) is 0 Å². The number of ether oxygens (including phenoxy) is 1. The maximum Gasteiger partial charge on any atom is 0.302 e. The average Bonchev–Trinajstić information content (AvgIpc) is 2.26. The van der Waals surface area contributed by atoms with E-state index in [1.54, 1.807) is 0 Å². The van der Waals surface area contributed by atoms with Crippen molar-refractivity contribution in [2.75, 3.05) is 6.61 Å². The van der Waals surface area contributed by atoms with Crippen molar-refractivity contribution in [3.63, 3.8) is 0 Å². The number of hydrogen-bond donors (Lipinski definition) is 1. The first kappa shape index (κ1) is 8.45. The first-order valence-electron chi connectivity index (χ1n) is 3.29. The Labute approximate surface area is 68.4 Å². The monoisotopic (exact) mass is 169 g/mol. The van der Waals surface area contributed by atoms with Gasteiger partial charge in [-0.25, -0.2) is 0 Å². The van der Waals surface area contributed by atoms with Gasteiger partial charge < -0.3 is 4.74 Å². The zero-order valence-corrected chi connectivity index (χ0v) is 6.42. The highest BCUT2D eigenvalue weighted by Gasteiger charge is 2.20. The van der Waals surface area contributed by atoms with Crippen LogP contribution in [0.15, 0.2) is 11.6 Å². The van der Waals surface area contributed by atoms with Gasteiger partial charge in [-0.2, -0.15) is 0 Å². The molecule has 12 heavy (non-hydrogen) atoms. The third-order valence-electron chi connectivity index (χ3n) is 1.26. The molecule has 0 aromatic heterocycles. The summed E-state index contributed by atoms with van der Waals surface area (Å²) in [6, 6.07) is 0. The van der Waals surface area contributed by atoms with E-state index < -0.39 is 17.8 Å². The summed E-state index contributed by atoms with van der Waals surface area (Å²) in [4.78, 5) is 31.7. The Kier molecular flexibility index (Phi) is 2.23. The van der Waals surface area contributed by atoms with Gasteiger partial charge in [-0.15, -0.1) is 0 Å². The lowest BCUT2D eigenvalue weighted by Crippen LogP contribution is -2.23. The Bertz CT molecular complexity index is 279. The Balaban J connectivity index is 2.52. The molecule has 0 unspecified atom stereocenters. The highest BCUT2D eigenvalue weighted by molar-refractivity contribution is 6.16. The van der Waals surface area contributed by atoms with Gasteiger partial charge in [-0.1, -0.05) is 0 Å². The van der Waals surface area contributed by atoms with Gasteiger partial charge in [-0.05, 0) is 0 Å². The lowest BCUT2D eigenvalue weighted by atomic mass is 10.3. The molecule has 1 N–H and O–H groups in total. The van der Waals surface area contributed by atoms with E-state index in [1.807, 2.05) is 5.32 Å². The molecule has 0 aliphatic carbocycles. The highest BCUT2D eigenvalue weighted by atomic mass is 16.5. The summed E-state index contributed by atoms with van der Waals surface area (Å²) in [5.41, 5.74) is 0.176. The van der Waals surface area contributed by atoms with Gasteiger partial charge in [0, 0.05) is 13.0 Å². The molecule has 0 atom stereocenters. The van der Waals surface area contributed by atoms with E-state index in [0.29, 0.717) is 0 Å². The largest absolute Gasteiger partial charge is 0.461 e. The molecule has 5 heteroatoms. The van der Waals surface area contributed by atoms with Crippen molar-refractivity contribution in [3.8, 4) is 0 Å². The smallest absolute Gasteiger partial charge is 0.302 e. The van der Waals surface area contributed by atoms with Crippen LogP contribution in [-0.2, 0) is 19.1 Å². The lowest BCUT2D eigenvalue weighted by molar-refractivity contribution is -0.140. The number of nitrogens with one attached hydrogen (secondary N) is 1. The van der Waals surface area contributed by atoms with Gasteiger partial charge in [0.05, 0.1) is 5.57 Å². The maximum atomic E-state index is 10.8. The second kappa shape index (κ2) is 3.17. The van der Waals surface area contributed by atoms with E-state index >= 15 is 0 Å². The van der Waals surface area contributed by atoms with Gasteiger partial charge in [0.15, 0.2) is 0 Å². The van der Waals surface area contributed by atoms with Gasteiger partial charge in [-0.3, -0.25) is 19.7 Å². The predicted molar refractivity (Wildman–Crippen MR) is 37.9 cm³/mol. The number of rotatable bonds is 2. The van der Waals surface area contributed by atoms with Crippen molar-refractivity contribution in [2.45, 2.75) is 6.92 Å². The van der Waals surface area contributed by atoms with E-state index in [-0.39, 0.29) is 12.2 Å². The Morgan fingerprint density at radius 2 is 2.25 bits per heavy atom. The SMILES string of the molecule is CC(=O)OCC1=CC(=O)NC1=O. The van der Waals surface area contributed by atoms with Crippen LogP contribution in [0.3, 0.4) is 0 Å². The van der Waals surface area contributed by atoms with Crippen molar-refractivity contribution < 1.29 is 19.1 Å². The van der Waals surface area contributed by atoms with Crippen LogP contribution in [0, 0.1) is 0 Å². The predicted octanol–water partition coefficient (Wildman–Crippen LogP) is -0.868. The second-order valence-corrected chi connectivity index (χ2v) is 2.27. The average molecular weight is 169 g/mol. The molecule has 1 aliphatic rings. The summed E-state index contributed by atoms with van der Waals surface area (Å²) in [5.74, 6) is -1.45. The fraction of sp³-hybridized carbons (Fsp3) is 0.286. The Morgan fingerprint density at radius 3 is 2.67 bits per heavy atom. The molecule has 0 fully saturated rings. The number of hydrogen-bond acceptors (Lipinski definition) is 4. The fourth-order valence-electron chi connectivity index (χ4n) is 0.739. The zero-order valence-electron chi connectivity index (χ0n) is 6.42. The van der Waals surface area contributed by atoms with Crippen molar-refractivity contribution >= 4 is 17.8 Å². The summed E-state index contributed by atoms with van der Waals surface area (Å²) in [5, 5.41) is 2.03. The van der Waals surface area contributed by atoms with Gasteiger partial charge in [0.25, 0.3) is 11.8 Å². The van der Waals surface area contributed by atoms with Crippen molar-refractivity contribution in [2.24, 2.45) is 0 Å². The van der Waals surface area contributed by atoms with Crippen LogP contribution in [0.4, 0.5) is 0 Å². The molecule has 64 valence electrons. The number of imide groups is 1. The topological polar surface area (TPSA) is 72.5 Å². The van der Waals surface area contributed by atoms with Crippen molar-refractivity contribution in [3.05, 3.63) is 11.6 Å². The summed E-state index contributed by atoms with van der Waals surface area (Å²) in [7, 11) is 0. The molecule has 0 aromatic rings. The van der Waals surface area contributed by atoms with E-state index in [2.05, 4.69) is 4.74 Å². The minimum atomic E-state index is -0.499. The van der Waals surface area contributed by atoms with E-state index in [0.717, 1.165) is 6.08 Å². The minimum Gasteiger partial charge on any atom is -0.461 e. The number of carbonyl (C=O) groups is 3.